The van der Waals surface area contributed by atoms with Gasteiger partial charge in [0.15, 0.2) is 0 Å². The van der Waals surface area contributed by atoms with Gasteiger partial charge in [0.1, 0.15) is 0 Å². The van der Waals surface area contributed by atoms with Crippen LogP contribution in [0.5, 0.6) is 0 Å². The van der Waals surface area contributed by atoms with Crippen molar-refractivity contribution in [2.75, 3.05) is 7.11 Å². The number of hydrogen-bond donors (Lipinski definition) is 0. The van der Waals surface area contributed by atoms with Gasteiger partial charge in [-0.1, -0.05) is 56.6 Å². The molecule has 0 N–H and O–H groups in total. The summed E-state index contributed by atoms with van der Waals surface area (Å²) in [6.45, 7) is 12.0. The molecule has 1 aliphatic carbocycles. The molecule has 1 saturated heterocycles. The number of carbonyl (C=O) groups excluding carboxylic acids is 1. The third-order valence-corrected chi connectivity index (χ3v) is 15.5. The highest BCUT2D eigenvalue weighted by molar-refractivity contribution is 9.10. The molecule has 0 radical (unpaired) electrons. The zero-order valence-electron chi connectivity index (χ0n) is 15.7. The Hall–Kier alpha value is -0.613. The van der Waals surface area contributed by atoms with Crippen molar-refractivity contribution < 1.29 is 9.53 Å². The second-order valence-electron chi connectivity index (χ2n) is 8.79. The van der Waals surface area contributed by atoms with E-state index in [4.69, 9.17) is 4.74 Å². The van der Waals surface area contributed by atoms with Crippen molar-refractivity contribution in [2.45, 2.75) is 75.0 Å². The minimum absolute atomic E-state index is 0.0210. The van der Waals surface area contributed by atoms with Crippen molar-refractivity contribution in [1.82, 2.24) is 0 Å². The minimum atomic E-state index is -1.75. The number of fused-ring (bicyclic) bond motifs is 5. The summed E-state index contributed by atoms with van der Waals surface area (Å²) in [6.07, 6.45) is 1.67. The molecular formula is C20H29BrO2Si. The number of rotatable bonds is 4. The van der Waals surface area contributed by atoms with E-state index in [-0.39, 0.29) is 16.4 Å². The molecule has 24 heavy (non-hydrogen) atoms. The summed E-state index contributed by atoms with van der Waals surface area (Å²) >= 11 is 3.65. The zero-order chi connectivity index (χ0) is 17.9. The lowest BCUT2D eigenvalue weighted by molar-refractivity contribution is -0.141. The predicted octanol–water partition coefficient (Wildman–Crippen LogP) is 5.73. The quantitative estimate of drug-likeness (QED) is 0.469. The fourth-order valence-corrected chi connectivity index (χ4v) is 15.1. The average molecular weight is 409 g/mol. The fraction of sp³-hybridized carbons (Fsp3) is 0.650. The zero-order valence-corrected chi connectivity index (χ0v) is 18.3. The molecule has 2 bridgehead atoms. The molecule has 1 aliphatic heterocycles. The van der Waals surface area contributed by atoms with E-state index in [1.807, 2.05) is 0 Å². The molecule has 1 heterocycles. The first kappa shape index (κ1) is 18.2. The Bertz CT molecular complexity index is 676. The van der Waals surface area contributed by atoms with Crippen molar-refractivity contribution in [3.8, 4) is 0 Å². The number of esters is 1. The van der Waals surface area contributed by atoms with Gasteiger partial charge in [-0.25, -0.2) is 0 Å². The summed E-state index contributed by atoms with van der Waals surface area (Å²) in [5.41, 5.74) is 4.42. The number of halogens is 1. The van der Waals surface area contributed by atoms with E-state index in [1.54, 1.807) is 0 Å². The van der Waals surface area contributed by atoms with E-state index in [0.29, 0.717) is 17.5 Å². The normalized spacial score (nSPS) is 30.0. The van der Waals surface area contributed by atoms with Crippen molar-refractivity contribution in [2.24, 2.45) is 0 Å². The first-order valence-corrected chi connectivity index (χ1v) is 12.2. The highest BCUT2D eigenvalue weighted by Gasteiger charge is 2.71. The highest BCUT2D eigenvalue weighted by Crippen LogP contribution is 2.71. The summed E-state index contributed by atoms with van der Waals surface area (Å²) in [5.74, 6) is -0.0480. The first-order valence-electron chi connectivity index (χ1n) is 9.00. The summed E-state index contributed by atoms with van der Waals surface area (Å²) in [6, 6.07) is 8.03. The van der Waals surface area contributed by atoms with Crippen LogP contribution >= 0.6 is 15.9 Å². The van der Waals surface area contributed by atoms with Crippen LogP contribution in [-0.2, 0) is 20.0 Å². The van der Waals surface area contributed by atoms with Crippen molar-refractivity contribution in [3.63, 3.8) is 0 Å². The summed E-state index contributed by atoms with van der Waals surface area (Å²) in [7, 11) is -0.227. The summed E-state index contributed by atoms with van der Waals surface area (Å²) < 4.78 is 6.30. The van der Waals surface area contributed by atoms with Crippen LogP contribution in [0.25, 0.3) is 0 Å². The summed E-state index contributed by atoms with van der Waals surface area (Å²) in [5, 5.41) is 0.0210. The molecule has 0 spiro atoms. The topological polar surface area (TPSA) is 26.3 Å². The van der Waals surface area contributed by atoms with Gasteiger partial charge in [0.25, 0.3) is 0 Å². The number of ether oxygens (including phenoxy) is 1. The van der Waals surface area contributed by atoms with Crippen LogP contribution in [0.3, 0.4) is 0 Å². The van der Waals surface area contributed by atoms with E-state index < -0.39 is 8.07 Å². The molecule has 132 valence electrons. The van der Waals surface area contributed by atoms with Gasteiger partial charge in [0.2, 0.25) is 0 Å². The molecule has 2 nitrogen and oxygen atoms in total. The molecule has 2 unspecified atom stereocenters. The van der Waals surface area contributed by atoms with E-state index >= 15 is 0 Å². The molecule has 0 amide bonds. The predicted molar refractivity (Wildman–Crippen MR) is 105 cm³/mol. The lowest BCUT2D eigenvalue weighted by Gasteiger charge is -2.52. The lowest BCUT2D eigenvalue weighted by atomic mass is 9.86. The Balaban J connectivity index is 2.29. The molecule has 2 atom stereocenters. The van der Waals surface area contributed by atoms with Crippen molar-refractivity contribution >= 4 is 30.0 Å². The van der Waals surface area contributed by atoms with Crippen LogP contribution in [0.2, 0.25) is 17.1 Å². The smallest absolute Gasteiger partial charge is 0.306 e. The van der Waals surface area contributed by atoms with Gasteiger partial charge in [-0.2, -0.15) is 0 Å². The Kier molecular flexibility index (Phi) is 4.32. The Labute approximate surface area is 155 Å². The molecule has 1 aromatic carbocycles. The van der Waals surface area contributed by atoms with Gasteiger partial charge >= 0.3 is 5.97 Å². The SMILES string of the molecule is COC(=O)CC12CC(C)(C[Si]1(C(C)C)C(C)C)c1cc(Br)ccc12. The molecule has 4 heteroatoms. The second kappa shape index (κ2) is 5.70. The number of carbonyl (C=O) groups is 1. The Morgan fingerprint density at radius 1 is 1.25 bits per heavy atom. The number of hydrogen-bond acceptors (Lipinski definition) is 2. The Morgan fingerprint density at radius 3 is 2.42 bits per heavy atom. The third-order valence-electron chi connectivity index (χ3n) is 7.15. The molecule has 1 fully saturated rings. The highest BCUT2D eigenvalue weighted by atomic mass is 79.9. The maximum atomic E-state index is 12.5. The maximum absolute atomic E-state index is 12.5. The van der Waals surface area contributed by atoms with Gasteiger partial charge in [0.05, 0.1) is 21.6 Å². The second-order valence-corrected chi connectivity index (χ2v) is 15.4. The van der Waals surface area contributed by atoms with Crippen molar-refractivity contribution in [3.05, 3.63) is 33.8 Å². The van der Waals surface area contributed by atoms with Crippen LogP contribution in [-0.4, -0.2) is 21.2 Å². The van der Waals surface area contributed by atoms with Gasteiger partial charge in [-0.05, 0) is 52.2 Å². The number of benzene rings is 1. The molecule has 0 aromatic heterocycles. The molecule has 3 rings (SSSR count). The third kappa shape index (κ3) is 2.14. The first-order chi connectivity index (χ1) is 11.1. The van der Waals surface area contributed by atoms with Crippen LogP contribution in [0.4, 0.5) is 0 Å². The van der Waals surface area contributed by atoms with Crippen LogP contribution in [0.1, 0.15) is 58.6 Å². The van der Waals surface area contributed by atoms with E-state index in [9.17, 15) is 4.79 Å². The average Bonchev–Trinajstić information content (AvgIpc) is 2.91. The standard InChI is InChI=1S/C20H29BrO2Si/c1-13(2)24(14(3)4)12-19(5)11-20(24,10-18(22)23-6)16-8-7-15(21)9-17(16)19/h7-9,13-14H,10-12H2,1-6H3. The van der Waals surface area contributed by atoms with Crippen LogP contribution in [0, 0.1) is 0 Å². The van der Waals surface area contributed by atoms with Crippen molar-refractivity contribution in [1.29, 1.82) is 0 Å². The van der Waals surface area contributed by atoms with E-state index in [1.165, 1.54) is 24.3 Å². The molecule has 1 aromatic rings. The van der Waals surface area contributed by atoms with E-state index in [2.05, 4.69) is 68.7 Å². The minimum Gasteiger partial charge on any atom is -0.469 e. The molecule has 2 aliphatic rings. The molecular weight excluding hydrogens is 380 g/mol. The monoisotopic (exact) mass is 408 g/mol. The fourth-order valence-electron chi connectivity index (χ4n) is 6.50. The maximum Gasteiger partial charge on any atom is 0.306 e. The number of methoxy groups -OCH3 is 1. The largest absolute Gasteiger partial charge is 0.469 e. The van der Waals surface area contributed by atoms with Crippen LogP contribution in [0.15, 0.2) is 22.7 Å². The Morgan fingerprint density at radius 2 is 1.88 bits per heavy atom. The van der Waals surface area contributed by atoms with Gasteiger partial charge in [-0.3, -0.25) is 4.79 Å². The van der Waals surface area contributed by atoms with Gasteiger partial charge in [-0.15, -0.1) is 0 Å². The van der Waals surface area contributed by atoms with Gasteiger partial charge in [0, 0.05) is 9.51 Å². The van der Waals surface area contributed by atoms with Gasteiger partial charge < -0.3 is 4.74 Å². The summed E-state index contributed by atoms with van der Waals surface area (Å²) in [4.78, 5) is 12.5. The van der Waals surface area contributed by atoms with Crippen LogP contribution < -0.4 is 0 Å². The molecule has 0 saturated carbocycles. The lowest BCUT2D eigenvalue weighted by Crippen LogP contribution is -2.58. The van der Waals surface area contributed by atoms with E-state index in [0.717, 1.165) is 10.9 Å².